The number of hydrogen-bond donors (Lipinski definition) is 1. The van der Waals surface area contributed by atoms with Crippen LogP contribution >= 0.6 is 0 Å². The summed E-state index contributed by atoms with van der Waals surface area (Å²) >= 11 is 0. The van der Waals surface area contributed by atoms with Gasteiger partial charge in [-0.25, -0.2) is 0 Å². The van der Waals surface area contributed by atoms with Crippen molar-refractivity contribution in [3.05, 3.63) is 34.9 Å². The second-order valence-corrected chi connectivity index (χ2v) is 10.0. The summed E-state index contributed by atoms with van der Waals surface area (Å²) in [5.41, 5.74) is 3.76. The van der Waals surface area contributed by atoms with Crippen LogP contribution in [-0.4, -0.2) is 74.2 Å². The summed E-state index contributed by atoms with van der Waals surface area (Å²) in [5.74, 6) is 0.804. The smallest absolute Gasteiger partial charge is 0.227 e. The van der Waals surface area contributed by atoms with Gasteiger partial charge in [0.1, 0.15) is 0 Å². The Balaban J connectivity index is 1.40. The number of aryl methyl sites for hydroxylation is 2. The summed E-state index contributed by atoms with van der Waals surface area (Å²) in [6, 6.07) is 7.27. The van der Waals surface area contributed by atoms with Crippen molar-refractivity contribution in [1.29, 1.82) is 0 Å². The monoisotopic (exact) mass is 427 g/mol. The molecule has 0 spiro atoms. The molecular formula is C26H41N3O2. The lowest BCUT2D eigenvalue weighted by atomic mass is 9.61. The Morgan fingerprint density at radius 1 is 1.16 bits per heavy atom. The van der Waals surface area contributed by atoms with Gasteiger partial charge in [0, 0.05) is 32.2 Å². The molecule has 0 bridgehead atoms. The van der Waals surface area contributed by atoms with E-state index >= 15 is 0 Å². The molecular weight excluding hydrogens is 386 g/mol. The summed E-state index contributed by atoms with van der Waals surface area (Å²) in [6.07, 6.45) is 5.38. The molecule has 1 saturated carbocycles. The highest BCUT2D eigenvalue weighted by Gasteiger charge is 2.52. The predicted octanol–water partition coefficient (Wildman–Crippen LogP) is 3.18. The largest absolute Gasteiger partial charge is 0.379 e. The maximum Gasteiger partial charge on any atom is 0.227 e. The summed E-state index contributed by atoms with van der Waals surface area (Å²) in [7, 11) is 0. The number of amides is 1. The van der Waals surface area contributed by atoms with Gasteiger partial charge in [0.2, 0.25) is 5.91 Å². The number of ether oxygens (including phenoxy) is 1. The molecule has 5 nitrogen and oxygen atoms in total. The number of benzene rings is 1. The van der Waals surface area contributed by atoms with Gasteiger partial charge in [-0.3, -0.25) is 9.69 Å². The van der Waals surface area contributed by atoms with E-state index in [1.807, 2.05) is 0 Å². The number of carbonyl (C=O) groups is 1. The standard InChI is InChI=1S/C26H41N3O2/c1-4-28-12-9-23-18-24(29-13-15-31-16-14-29)7-10-26(23,19-28)25(30)27-11-8-22-6-5-20(2)21(3)17-22/h5-6,17,23-24H,4,7-16,18-19H2,1-3H3,(H,27,30)/t23-,24+,26-/m1/s1. The molecule has 0 unspecified atom stereocenters. The minimum Gasteiger partial charge on any atom is -0.379 e. The zero-order chi connectivity index (χ0) is 21.8. The van der Waals surface area contributed by atoms with E-state index < -0.39 is 0 Å². The van der Waals surface area contributed by atoms with Gasteiger partial charge in [-0.05, 0) is 81.6 Å². The first-order valence-corrected chi connectivity index (χ1v) is 12.4. The highest BCUT2D eigenvalue weighted by atomic mass is 16.5. The summed E-state index contributed by atoms with van der Waals surface area (Å²) in [6.45, 7) is 14.2. The summed E-state index contributed by atoms with van der Waals surface area (Å²) < 4.78 is 5.57. The second-order valence-electron chi connectivity index (χ2n) is 10.0. The molecule has 0 aromatic heterocycles. The number of nitrogens with one attached hydrogen (secondary N) is 1. The number of fused-ring (bicyclic) bond motifs is 1. The highest BCUT2D eigenvalue weighted by molar-refractivity contribution is 5.83. The molecule has 3 atom stereocenters. The van der Waals surface area contributed by atoms with E-state index in [4.69, 9.17) is 4.74 Å². The predicted molar refractivity (Wildman–Crippen MR) is 125 cm³/mol. The fourth-order valence-electron chi connectivity index (χ4n) is 6.09. The fraction of sp³-hybridized carbons (Fsp3) is 0.731. The number of carbonyl (C=O) groups excluding carboxylic acids is 1. The zero-order valence-electron chi connectivity index (χ0n) is 19.8. The van der Waals surface area contributed by atoms with Gasteiger partial charge in [0.05, 0.1) is 18.6 Å². The van der Waals surface area contributed by atoms with Crippen molar-refractivity contribution in [2.75, 3.05) is 52.5 Å². The first-order chi connectivity index (χ1) is 15.0. The van der Waals surface area contributed by atoms with E-state index in [9.17, 15) is 4.79 Å². The Hall–Kier alpha value is -1.43. The van der Waals surface area contributed by atoms with Gasteiger partial charge in [-0.1, -0.05) is 25.1 Å². The van der Waals surface area contributed by atoms with Crippen LogP contribution in [0.15, 0.2) is 18.2 Å². The summed E-state index contributed by atoms with van der Waals surface area (Å²) in [5, 5.41) is 3.36. The van der Waals surface area contributed by atoms with Gasteiger partial charge in [0.15, 0.2) is 0 Å². The number of hydrogen-bond acceptors (Lipinski definition) is 4. The minimum absolute atomic E-state index is 0.208. The first-order valence-electron chi connectivity index (χ1n) is 12.4. The van der Waals surface area contributed by atoms with Crippen molar-refractivity contribution in [2.45, 2.75) is 58.9 Å². The zero-order valence-corrected chi connectivity index (χ0v) is 19.8. The van der Waals surface area contributed by atoms with Gasteiger partial charge < -0.3 is 15.0 Å². The lowest BCUT2D eigenvalue weighted by Gasteiger charge is -2.53. The van der Waals surface area contributed by atoms with Crippen molar-refractivity contribution in [3.63, 3.8) is 0 Å². The third-order valence-corrected chi connectivity index (χ3v) is 8.29. The van der Waals surface area contributed by atoms with Crippen molar-refractivity contribution < 1.29 is 9.53 Å². The van der Waals surface area contributed by atoms with Crippen LogP contribution < -0.4 is 5.32 Å². The number of rotatable bonds is 6. The highest BCUT2D eigenvalue weighted by Crippen LogP contribution is 2.47. The molecule has 172 valence electrons. The molecule has 1 amide bonds. The quantitative estimate of drug-likeness (QED) is 0.757. The molecule has 1 aromatic rings. The molecule has 3 aliphatic rings. The first kappa shape index (κ1) is 22.8. The molecule has 2 saturated heterocycles. The van der Waals surface area contributed by atoms with Crippen molar-refractivity contribution in [2.24, 2.45) is 11.3 Å². The van der Waals surface area contributed by atoms with E-state index in [1.165, 1.54) is 23.1 Å². The number of nitrogens with zero attached hydrogens (tertiary/aromatic N) is 2. The average molecular weight is 428 g/mol. The van der Waals surface area contributed by atoms with Crippen LogP contribution in [0.5, 0.6) is 0 Å². The second kappa shape index (κ2) is 10.0. The van der Waals surface area contributed by atoms with Crippen LogP contribution in [0.2, 0.25) is 0 Å². The molecule has 1 aromatic carbocycles. The molecule has 2 heterocycles. The molecule has 5 heteroatoms. The molecule has 1 N–H and O–H groups in total. The van der Waals surface area contributed by atoms with Gasteiger partial charge >= 0.3 is 0 Å². The minimum atomic E-state index is -0.208. The maximum absolute atomic E-state index is 13.6. The molecule has 3 fully saturated rings. The van der Waals surface area contributed by atoms with E-state index in [2.05, 4.69) is 54.1 Å². The Kier molecular flexibility index (Phi) is 7.35. The van der Waals surface area contributed by atoms with Crippen LogP contribution in [0.25, 0.3) is 0 Å². The molecule has 4 rings (SSSR count). The lowest BCUT2D eigenvalue weighted by molar-refractivity contribution is -0.144. The molecule has 31 heavy (non-hydrogen) atoms. The van der Waals surface area contributed by atoms with Crippen LogP contribution in [0.1, 0.15) is 49.3 Å². The Morgan fingerprint density at radius 2 is 1.97 bits per heavy atom. The Bertz CT molecular complexity index is 761. The lowest BCUT2D eigenvalue weighted by Crippen LogP contribution is -2.61. The topological polar surface area (TPSA) is 44.8 Å². The molecule has 0 radical (unpaired) electrons. The SMILES string of the molecule is CCN1CC[C@@H]2C[C@@H](N3CCOCC3)CC[C@@]2(C(=O)NCCc2ccc(C)c(C)c2)C1. The van der Waals surface area contributed by atoms with E-state index in [1.54, 1.807) is 0 Å². The van der Waals surface area contributed by atoms with Crippen molar-refractivity contribution in [3.8, 4) is 0 Å². The van der Waals surface area contributed by atoms with Crippen molar-refractivity contribution >= 4 is 5.91 Å². The van der Waals surface area contributed by atoms with E-state index in [0.717, 1.165) is 78.2 Å². The van der Waals surface area contributed by atoms with E-state index in [-0.39, 0.29) is 5.41 Å². The van der Waals surface area contributed by atoms with Crippen molar-refractivity contribution in [1.82, 2.24) is 15.1 Å². The molecule has 1 aliphatic carbocycles. The maximum atomic E-state index is 13.6. The normalized spacial score (nSPS) is 30.0. The van der Waals surface area contributed by atoms with Crippen LogP contribution in [0.4, 0.5) is 0 Å². The third kappa shape index (κ3) is 4.99. The van der Waals surface area contributed by atoms with Gasteiger partial charge in [-0.2, -0.15) is 0 Å². The van der Waals surface area contributed by atoms with E-state index in [0.29, 0.717) is 17.9 Å². The third-order valence-electron chi connectivity index (χ3n) is 8.29. The number of likely N-dealkylation sites (tertiary alicyclic amines) is 1. The fourth-order valence-corrected chi connectivity index (χ4v) is 6.09. The average Bonchev–Trinajstić information content (AvgIpc) is 2.81. The van der Waals surface area contributed by atoms with Crippen LogP contribution in [0.3, 0.4) is 0 Å². The Morgan fingerprint density at radius 3 is 2.71 bits per heavy atom. The van der Waals surface area contributed by atoms with Crippen LogP contribution in [-0.2, 0) is 16.0 Å². The van der Waals surface area contributed by atoms with Gasteiger partial charge in [0.25, 0.3) is 0 Å². The van der Waals surface area contributed by atoms with Crippen LogP contribution in [0, 0.1) is 25.2 Å². The molecule has 2 aliphatic heterocycles. The Labute approximate surface area is 188 Å². The van der Waals surface area contributed by atoms with Gasteiger partial charge in [-0.15, -0.1) is 0 Å². The number of piperidine rings is 1. The number of morpholine rings is 1. The summed E-state index contributed by atoms with van der Waals surface area (Å²) in [4.78, 5) is 18.8.